The van der Waals surface area contributed by atoms with Gasteiger partial charge < -0.3 is 9.64 Å². The molecule has 0 bridgehead atoms. The molecule has 23 heavy (non-hydrogen) atoms. The van der Waals surface area contributed by atoms with Crippen LogP contribution in [0.25, 0.3) is 0 Å². The molecule has 0 aromatic heterocycles. The van der Waals surface area contributed by atoms with Gasteiger partial charge in [-0.1, -0.05) is 47.0 Å². The summed E-state index contributed by atoms with van der Waals surface area (Å²) < 4.78 is 6.32. The van der Waals surface area contributed by atoms with E-state index in [1.807, 2.05) is 0 Å². The van der Waals surface area contributed by atoms with Crippen molar-refractivity contribution in [3.05, 3.63) is 0 Å². The van der Waals surface area contributed by atoms with Crippen molar-refractivity contribution in [2.75, 3.05) is 45.9 Å². The molecule has 0 aromatic carbocycles. The first-order chi connectivity index (χ1) is 11.1. The molecule has 0 radical (unpaired) electrons. The first kappa shape index (κ1) is 19.2. The Kier molecular flexibility index (Phi) is 7.84. The Labute approximate surface area is 144 Å². The van der Waals surface area contributed by atoms with Crippen LogP contribution in [0.4, 0.5) is 0 Å². The van der Waals surface area contributed by atoms with Gasteiger partial charge in [0, 0.05) is 39.3 Å². The van der Waals surface area contributed by atoms with Crippen molar-refractivity contribution < 1.29 is 4.74 Å². The van der Waals surface area contributed by atoms with Crippen LogP contribution in [-0.2, 0) is 4.74 Å². The van der Waals surface area contributed by atoms with Crippen molar-refractivity contribution in [3.8, 4) is 0 Å². The zero-order valence-corrected chi connectivity index (χ0v) is 16.1. The summed E-state index contributed by atoms with van der Waals surface area (Å²) in [5.41, 5.74) is 0.161. The highest BCUT2D eigenvalue weighted by molar-refractivity contribution is 4.93. The van der Waals surface area contributed by atoms with E-state index in [1.54, 1.807) is 0 Å². The molecule has 2 fully saturated rings. The molecule has 0 N–H and O–H groups in total. The Morgan fingerprint density at radius 1 is 0.957 bits per heavy atom. The summed E-state index contributed by atoms with van der Waals surface area (Å²) in [7, 11) is 0. The molecule has 0 amide bonds. The Morgan fingerprint density at radius 2 is 1.65 bits per heavy atom. The lowest BCUT2D eigenvalue weighted by Gasteiger charge is -2.48. The topological polar surface area (TPSA) is 15.7 Å². The van der Waals surface area contributed by atoms with E-state index in [2.05, 4.69) is 37.5 Å². The van der Waals surface area contributed by atoms with E-state index in [9.17, 15) is 0 Å². The molecule has 3 nitrogen and oxygen atoms in total. The Bertz CT molecular complexity index is 322. The van der Waals surface area contributed by atoms with Crippen LogP contribution in [0.1, 0.15) is 66.2 Å². The second-order valence-electron chi connectivity index (χ2n) is 8.14. The number of morpholine rings is 1. The summed E-state index contributed by atoms with van der Waals surface area (Å²) in [5.74, 6) is 1.70. The number of hydrogen-bond acceptors (Lipinski definition) is 3. The Balaban J connectivity index is 1.79. The van der Waals surface area contributed by atoms with E-state index in [0.717, 1.165) is 25.0 Å². The molecule has 1 unspecified atom stereocenters. The van der Waals surface area contributed by atoms with Crippen LogP contribution in [0.3, 0.4) is 0 Å². The van der Waals surface area contributed by atoms with Crippen LogP contribution in [0.2, 0.25) is 0 Å². The number of nitrogens with zero attached hydrogens (tertiary/aromatic N) is 2. The van der Waals surface area contributed by atoms with E-state index in [-0.39, 0.29) is 5.60 Å². The van der Waals surface area contributed by atoms with Gasteiger partial charge in [0.05, 0.1) is 12.2 Å². The van der Waals surface area contributed by atoms with Gasteiger partial charge in [-0.3, -0.25) is 4.90 Å². The van der Waals surface area contributed by atoms with Crippen molar-refractivity contribution in [1.82, 2.24) is 9.80 Å². The van der Waals surface area contributed by atoms with E-state index in [0.29, 0.717) is 0 Å². The normalized spacial score (nSPS) is 24.4. The summed E-state index contributed by atoms with van der Waals surface area (Å²) in [5, 5.41) is 0. The second kappa shape index (κ2) is 9.39. The predicted octanol–water partition coefficient (Wildman–Crippen LogP) is 4.03. The third-order valence-corrected chi connectivity index (χ3v) is 6.12. The van der Waals surface area contributed by atoms with Gasteiger partial charge >= 0.3 is 0 Å². The Morgan fingerprint density at radius 3 is 2.26 bits per heavy atom. The summed E-state index contributed by atoms with van der Waals surface area (Å²) in [4.78, 5) is 5.37. The minimum absolute atomic E-state index is 0.161. The molecule has 2 rings (SSSR count). The smallest absolute Gasteiger partial charge is 0.0833 e. The molecule has 1 atom stereocenters. The van der Waals surface area contributed by atoms with Crippen LogP contribution >= 0.6 is 0 Å². The maximum atomic E-state index is 6.32. The predicted molar refractivity (Wildman–Crippen MR) is 98.9 cm³/mol. The van der Waals surface area contributed by atoms with Crippen LogP contribution in [0, 0.1) is 11.8 Å². The fraction of sp³-hybridized carbons (Fsp3) is 1.00. The lowest BCUT2D eigenvalue weighted by molar-refractivity contribution is -0.138. The Hall–Kier alpha value is -0.120. The van der Waals surface area contributed by atoms with Crippen molar-refractivity contribution in [2.45, 2.75) is 71.8 Å². The number of piperidine rings is 1. The van der Waals surface area contributed by atoms with E-state index < -0.39 is 0 Å². The van der Waals surface area contributed by atoms with Gasteiger partial charge in [0.25, 0.3) is 0 Å². The lowest BCUT2D eigenvalue weighted by Crippen LogP contribution is -2.57. The lowest BCUT2D eigenvalue weighted by atomic mass is 9.88. The fourth-order valence-electron chi connectivity index (χ4n) is 4.46. The van der Waals surface area contributed by atoms with Crippen LogP contribution in [0.5, 0.6) is 0 Å². The van der Waals surface area contributed by atoms with Crippen molar-refractivity contribution in [3.63, 3.8) is 0 Å². The van der Waals surface area contributed by atoms with Crippen molar-refractivity contribution in [2.24, 2.45) is 11.8 Å². The monoisotopic (exact) mass is 324 g/mol. The van der Waals surface area contributed by atoms with Crippen molar-refractivity contribution in [1.29, 1.82) is 0 Å². The molecular formula is C20H40N2O. The molecule has 0 aliphatic carbocycles. The summed E-state index contributed by atoms with van der Waals surface area (Å²) in [6.45, 7) is 17.6. The van der Waals surface area contributed by atoms with E-state index >= 15 is 0 Å². The van der Waals surface area contributed by atoms with Crippen LogP contribution in [-0.4, -0.2) is 61.3 Å². The van der Waals surface area contributed by atoms with Gasteiger partial charge in [-0.2, -0.15) is 0 Å². The number of likely N-dealkylation sites (tertiary alicyclic amines) is 1. The fourth-order valence-corrected chi connectivity index (χ4v) is 4.46. The summed E-state index contributed by atoms with van der Waals surface area (Å²) in [6, 6.07) is 0. The maximum Gasteiger partial charge on any atom is 0.0833 e. The molecule has 2 saturated heterocycles. The highest BCUT2D eigenvalue weighted by Crippen LogP contribution is 2.31. The molecule has 0 aromatic rings. The number of ether oxygens (including phenoxy) is 1. The van der Waals surface area contributed by atoms with E-state index in [4.69, 9.17) is 4.74 Å². The second-order valence-corrected chi connectivity index (χ2v) is 8.14. The number of rotatable bonds is 8. The standard InChI is InChI=1S/C20H40N2O/c1-5-8-18(4)15-21-11-9-20(10-12-21)17-22(13-14-23-20)16-19(6-2)7-3/h18-19H,5-17H2,1-4H3. The first-order valence-corrected chi connectivity index (χ1v) is 10.2. The molecule has 0 saturated carbocycles. The van der Waals surface area contributed by atoms with Crippen molar-refractivity contribution >= 4 is 0 Å². The summed E-state index contributed by atoms with van der Waals surface area (Å²) >= 11 is 0. The molecule has 2 aliphatic heterocycles. The van der Waals surface area contributed by atoms with Gasteiger partial charge in [0.2, 0.25) is 0 Å². The highest BCUT2D eigenvalue weighted by Gasteiger charge is 2.39. The van der Waals surface area contributed by atoms with Gasteiger partial charge in [-0.15, -0.1) is 0 Å². The SMILES string of the molecule is CCCC(C)CN1CCC2(CC1)CN(CC(CC)CC)CCO2. The largest absolute Gasteiger partial charge is 0.372 e. The van der Waals surface area contributed by atoms with Gasteiger partial charge in [-0.25, -0.2) is 0 Å². The third kappa shape index (κ3) is 5.72. The van der Waals surface area contributed by atoms with E-state index in [1.165, 1.54) is 71.2 Å². The minimum Gasteiger partial charge on any atom is -0.372 e. The molecule has 1 spiro atoms. The molecule has 136 valence electrons. The summed E-state index contributed by atoms with van der Waals surface area (Å²) in [6.07, 6.45) is 7.75. The average Bonchev–Trinajstić information content (AvgIpc) is 2.55. The highest BCUT2D eigenvalue weighted by atomic mass is 16.5. The van der Waals surface area contributed by atoms with Crippen LogP contribution < -0.4 is 0 Å². The maximum absolute atomic E-state index is 6.32. The zero-order valence-electron chi connectivity index (χ0n) is 16.1. The van der Waals surface area contributed by atoms with Gasteiger partial charge in [0.15, 0.2) is 0 Å². The molecular weight excluding hydrogens is 284 g/mol. The average molecular weight is 325 g/mol. The molecule has 2 aliphatic rings. The number of hydrogen-bond donors (Lipinski definition) is 0. The van der Waals surface area contributed by atoms with Crippen LogP contribution in [0.15, 0.2) is 0 Å². The zero-order chi connectivity index (χ0) is 16.7. The third-order valence-electron chi connectivity index (χ3n) is 6.12. The van der Waals surface area contributed by atoms with Gasteiger partial charge in [-0.05, 0) is 31.1 Å². The molecule has 2 heterocycles. The van der Waals surface area contributed by atoms with Gasteiger partial charge in [0.1, 0.15) is 0 Å². The molecule has 3 heteroatoms. The quantitative estimate of drug-likeness (QED) is 0.670. The first-order valence-electron chi connectivity index (χ1n) is 10.2. The minimum atomic E-state index is 0.161.